The van der Waals surface area contributed by atoms with E-state index in [1.165, 1.54) is 11.3 Å². The summed E-state index contributed by atoms with van der Waals surface area (Å²) >= 11 is 1.39. The van der Waals surface area contributed by atoms with Crippen LogP contribution in [0.1, 0.15) is 57.9 Å². The molecule has 31 heavy (non-hydrogen) atoms. The summed E-state index contributed by atoms with van der Waals surface area (Å²) in [6.07, 6.45) is 6.06. The van der Waals surface area contributed by atoms with Crippen molar-refractivity contribution in [2.75, 3.05) is 6.61 Å². The highest BCUT2D eigenvalue weighted by Crippen LogP contribution is 2.45. The molecule has 1 unspecified atom stereocenters. The van der Waals surface area contributed by atoms with Gasteiger partial charge in [0.25, 0.3) is 5.91 Å². The zero-order valence-corrected chi connectivity index (χ0v) is 18.9. The fourth-order valence-corrected chi connectivity index (χ4v) is 4.97. The van der Waals surface area contributed by atoms with E-state index in [1.807, 2.05) is 36.4 Å². The Labute approximate surface area is 188 Å². The third-order valence-corrected chi connectivity index (χ3v) is 6.47. The molecule has 2 aromatic rings. The topological polar surface area (TPSA) is 50.7 Å². The molecule has 1 aliphatic rings. The summed E-state index contributed by atoms with van der Waals surface area (Å²) in [5, 5.41) is 3.20. The van der Waals surface area contributed by atoms with Crippen molar-refractivity contribution >= 4 is 35.2 Å². The predicted octanol–water partition coefficient (Wildman–Crippen LogP) is 6.77. The van der Waals surface area contributed by atoms with Gasteiger partial charge in [0, 0.05) is 17.5 Å². The lowest BCUT2D eigenvalue weighted by atomic mass is 9.97. The van der Waals surface area contributed by atoms with Gasteiger partial charge in [0.2, 0.25) is 0 Å². The molecule has 0 saturated carbocycles. The van der Waals surface area contributed by atoms with Gasteiger partial charge >= 0.3 is 0 Å². The Bertz CT molecular complexity index is 1080. The molecule has 160 valence electrons. The number of para-hydroxylation sites is 1. The summed E-state index contributed by atoms with van der Waals surface area (Å²) in [4.78, 5) is 19.1. The minimum atomic E-state index is -0.119. The van der Waals surface area contributed by atoms with Crippen LogP contribution in [0.5, 0.6) is 5.75 Å². The van der Waals surface area contributed by atoms with E-state index in [0.717, 1.165) is 39.3 Å². The Balaban J connectivity index is 1.98. The van der Waals surface area contributed by atoms with Crippen LogP contribution in [0, 0.1) is 0 Å². The third-order valence-electron chi connectivity index (χ3n) is 5.22. The van der Waals surface area contributed by atoms with Crippen molar-refractivity contribution in [2.45, 2.75) is 32.2 Å². The molecular weight excluding hydrogens is 404 g/mol. The molecule has 0 saturated heterocycles. The van der Waals surface area contributed by atoms with Crippen molar-refractivity contribution in [1.29, 1.82) is 0 Å². The molecule has 0 spiro atoms. The molecule has 0 fully saturated rings. The summed E-state index contributed by atoms with van der Waals surface area (Å²) in [7, 11) is 0. The first kappa shape index (κ1) is 22.5. The molecule has 0 radical (unpaired) electrons. The third kappa shape index (κ3) is 4.62. The Morgan fingerprint density at radius 1 is 1.29 bits per heavy atom. The van der Waals surface area contributed by atoms with Crippen molar-refractivity contribution in [3.63, 3.8) is 0 Å². The fourth-order valence-electron chi connectivity index (χ4n) is 3.65. The quantitative estimate of drug-likeness (QED) is 0.370. The number of thiophene rings is 1. The van der Waals surface area contributed by atoms with Crippen LogP contribution < -0.4 is 10.1 Å². The highest BCUT2D eigenvalue weighted by Gasteiger charge is 2.29. The number of hydrogen-bond donors (Lipinski definition) is 1. The lowest BCUT2D eigenvalue weighted by Crippen LogP contribution is -2.32. The van der Waals surface area contributed by atoms with Crippen molar-refractivity contribution in [2.24, 2.45) is 4.99 Å². The van der Waals surface area contributed by atoms with E-state index in [2.05, 4.69) is 50.6 Å². The average Bonchev–Trinajstić information content (AvgIpc) is 3.17. The number of aliphatic imine (C=N–C) groups is 1. The normalized spacial score (nSPS) is 15.3. The van der Waals surface area contributed by atoms with E-state index in [9.17, 15) is 4.79 Å². The zero-order chi connectivity index (χ0) is 22.5. The Morgan fingerprint density at radius 2 is 2.03 bits per heavy atom. The Hall–Kier alpha value is -3.18. The number of allylic oxidation sites excluding steroid dienone is 5. The molecular formula is C26H28N2O2S. The van der Waals surface area contributed by atoms with Gasteiger partial charge < -0.3 is 10.1 Å². The van der Waals surface area contributed by atoms with Crippen molar-refractivity contribution in [3.8, 4) is 5.75 Å². The second-order valence-corrected chi connectivity index (χ2v) is 8.66. The van der Waals surface area contributed by atoms with E-state index in [-0.39, 0.29) is 17.9 Å². The first-order chi connectivity index (χ1) is 14.9. The highest BCUT2D eigenvalue weighted by atomic mass is 32.1. The highest BCUT2D eigenvalue weighted by molar-refractivity contribution is 7.16. The Morgan fingerprint density at radius 3 is 2.71 bits per heavy atom. The van der Waals surface area contributed by atoms with E-state index in [0.29, 0.717) is 17.2 Å². The number of fused-ring (bicyclic) bond motifs is 1. The molecule has 0 bridgehead atoms. The molecule has 1 aromatic heterocycles. The molecule has 4 nitrogen and oxygen atoms in total. The molecule has 5 heteroatoms. The Kier molecular flexibility index (Phi) is 7.08. The smallest absolute Gasteiger partial charge is 0.262 e. The maximum absolute atomic E-state index is 13.4. The number of benzene rings is 1. The second kappa shape index (κ2) is 9.75. The summed E-state index contributed by atoms with van der Waals surface area (Å²) < 4.78 is 5.73. The van der Waals surface area contributed by atoms with Crippen LogP contribution in [0.25, 0.3) is 5.57 Å². The number of nitrogens with one attached hydrogen (secondary N) is 1. The van der Waals surface area contributed by atoms with Crippen molar-refractivity contribution in [3.05, 3.63) is 88.7 Å². The number of ether oxygens (including phenoxy) is 1. The molecule has 1 N–H and O–H groups in total. The van der Waals surface area contributed by atoms with Crippen LogP contribution in [-0.4, -0.2) is 19.2 Å². The van der Waals surface area contributed by atoms with Gasteiger partial charge in [-0.15, -0.1) is 11.3 Å². The van der Waals surface area contributed by atoms with Gasteiger partial charge in [0.1, 0.15) is 5.75 Å². The second-order valence-electron chi connectivity index (χ2n) is 7.64. The monoisotopic (exact) mass is 432 g/mol. The van der Waals surface area contributed by atoms with Crippen LogP contribution in [0.4, 0.5) is 5.69 Å². The number of rotatable bonds is 8. The first-order valence-corrected chi connectivity index (χ1v) is 11.0. The van der Waals surface area contributed by atoms with Gasteiger partial charge in [-0.1, -0.05) is 70.0 Å². The standard InChI is InChI=1S/C26H28N2O2S/c1-7-8-11-17(4)18(5)24-23(27-6)22(16(2)3)25(31-24)26(29)28-20-14-15-30-21-13-10-9-12-19(20)21/h7-13,16,20H,1,4-6,14-15H2,2-3H3,(H,28,29)/b11-8-. The predicted molar refractivity (Wildman–Crippen MR) is 132 cm³/mol. The summed E-state index contributed by atoms with van der Waals surface area (Å²) in [6, 6.07) is 7.73. The van der Waals surface area contributed by atoms with Crippen molar-refractivity contribution in [1.82, 2.24) is 5.32 Å². The molecule has 1 atom stereocenters. The van der Waals surface area contributed by atoms with Gasteiger partial charge in [-0.2, -0.15) is 0 Å². The zero-order valence-electron chi connectivity index (χ0n) is 18.1. The maximum atomic E-state index is 13.4. The SMILES string of the molecule is C=C/C=C\C(=C)C(=C)c1sc(C(=O)NC2CCOc3ccccc32)c(C(C)C)c1N=C. The van der Waals surface area contributed by atoms with E-state index < -0.39 is 0 Å². The van der Waals surface area contributed by atoms with Crippen LogP contribution in [0.3, 0.4) is 0 Å². The lowest BCUT2D eigenvalue weighted by molar-refractivity contribution is 0.0928. The van der Waals surface area contributed by atoms with Gasteiger partial charge in [0.05, 0.1) is 28.1 Å². The molecule has 3 rings (SSSR count). The van der Waals surface area contributed by atoms with Gasteiger partial charge in [0.15, 0.2) is 0 Å². The molecule has 1 aliphatic heterocycles. The molecule has 1 aromatic carbocycles. The van der Waals surface area contributed by atoms with E-state index >= 15 is 0 Å². The van der Waals surface area contributed by atoms with Gasteiger partial charge in [-0.05, 0) is 29.8 Å². The van der Waals surface area contributed by atoms with Gasteiger partial charge in [-0.3, -0.25) is 9.79 Å². The molecule has 0 aliphatic carbocycles. The average molecular weight is 433 g/mol. The number of nitrogens with zero attached hydrogens (tertiary/aromatic N) is 1. The van der Waals surface area contributed by atoms with E-state index in [1.54, 1.807) is 6.08 Å². The molecule has 1 amide bonds. The summed E-state index contributed by atoms with van der Waals surface area (Å²) in [5.41, 5.74) is 4.05. The number of carbonyl (C=O) groups is 1. The summed E-state index contributed by atoms with van der Waals surface area (Å²) in [5.74, 6) is 0.798. The van der Waals surface area contributed by atoms with Crippen LogP contribution in [0.2, 0.25) is 0 Å². The number of hydrogen-bond acceptors (Lipinski definition) is 4. The minimum absolute atomic E-state index is 0.0954. The van der Waals surface area contributed by atoms with Crippen LogP contribution >= 0.6 is 11.3 Å². The fraction of sp³-hybridized carbons (Fsp3) is 0.231. The number of carbonyl (C=O) groups excluding carboxylic acids is 1. The summed E-state index contributed by atoms with van der Waals surface area (Å²) in [6.45, 7) is 20.4. The number of amides is 1. The molecule has 2 heterocycles. The van der Waals surface area contributed by atoms with Crippen LogP contribution in [0.15, 0.2) is 72.8 Å². The van der Waals surface area contributed by atoms with Crippen molar-refractivity contribution < 1.29 is 9.53 Å². The minimum Gasteiger partial charge on any atom is -0.493 e. The van der Waals surface area contributed by atoms with Crippen LogP contribution in [-0.2, 0) is 0 Å². The van der Waals surface area contributed by atoms with E-state index in [4.69, 9.17) is 4.74 Å². The first-order valence-electron chi connectivity index (χ1n) is 10.2. The lowest BCUT2D eigenvalue weighted by Gasteiger charge is -2.26. The largest absolute Gasteiger partial charge is 0.493 e. The van der Waals surface area contributed by atoms with Gasteiger partial charge in [-0.25, -0.2) is 0 Å². The maximum Gasteiger partial charge on any atom is 0.262 e.